The maximum Gasteiger partial charge on any atom is 0.236 e. The van der Waals surface area contributed by atoms with Crippen molar-refractivity contribution in [1.82, 2.24) is 0 Å². The molecule has 1 aromatic carbocycles. The molecule has 3 heterocycles. The number of anilines is 1. The Morgan fingerprint density at radius 1 is 1.23 bits per heavy atom. The molecule has 2 unspecified atom stereocenters. The van der Waals surface area contributed by atoms with Crippen molar-refractivity contribution in [3.63, 3.8) is 0 Å². The Morgan fingerprint density at radius 3 is 3.09 bits per heavy atom. The molecule has 4 heteroatoms. The van der Waals surface area contributed by atoms with E-state index in [4.69, 9.17) is 9.15 Å². The van der Waals surface area contributed by atoms with Gasteiger partial charge in [-0.05, 0) is 29.7 Å². The maximum absolute atomic E-state index is 12.9. The lowest BCUT2D eigenvalue weighted by Gasteiger charge is -2.42. The second kappa shape index (κ2) is 4.03. The Hall–Kier alpha value is -2.49. The number of hydrogen-bond donors (Lipinski definition) is 1. The molecule has 1 spiro atoms. The number of ether oxygens (including phenoxy) is 1. The number of hydrogen-bond acceptors (Lipinski definition) is 3. The molecular weight excluding hydrogens is 278 g/mol. The van der Waals surface area contributed by atoms with Crippen LogP contribution in [0.4, 0.5) is 5.69 Å². The number of carbonyl (C=O) groups is 1. The van der Waals surface area contributed by atoms with Crippen molar-refractivity contribution < 1.29 is 13.9 Å². The molecule has 22 heavy (non-hydrogen) atoms. The smallest absolute Gasteiger partial charge is 0.236 e. The first-order valence-electron chi connectivity index (χ1n) is 7.61. The fraction of sp³-hybridized carbons (Fsp3) is 0.278. The minimum absolute atomic E-state index is 0.0370. The monoisotopic (exact) mass is 293 g/mol. The molecule has 1 amide bonds. The summed E-state index contributed by atoms with van der Waals surface area (Å²) < 4.78 is 11.4. The Morgan fingerprint density at radius 2 is 2.14 bits per heavy atom. The minimum Gasteiger partial charge on any atom is -0.497 e. The van der Waals surface area contributed by atoms with Gasteiger partial charge in [-0.15, -0.1) is 0 Å². The number of allylic oxidation sites excluding steroid dienone is 1. The third-order valence-corrected chi connectivity index (χ3v) is 5.24. The van der Waals surface area contributed by atoms with Crippen LogP contribution in [0.15, 0.2) is 46.8 Å². The number of fused-ring (bicyclic) bond motifs is 5. The van der Waals surface area contributed by atoms with Gasteiger partial charge < -0.3 is 14.5 Å². The largest absolute Gasteiger partial charge is 0.497 e. The molecule has 110 valence electrons. The zero-order chi connectivity index (χ0) is 14.7. The van der Waals surface area contributed by atoms with E-state index in [1.54, 1.807) is 6.26 Å². The molecule has 1 saturated heterocycles. The number of amides is 1. The Balaban J connectivity index is 1.71. The zero-order valence-corrected chi connectivity index (χ0v) is 12.0. The maximum atomic E-state index is 12.9. The summed E-state index contributed by atoms with van der Waals surface area (Å²) >= 11 is 0. The second-order valence-electron chi connectivity index (χ2n) is 6.18. The van der Waals surface area contributed by atoms with Gasteiger partial charge in [0.1, 0.15) is 11.5 Å². The highest BCUT2D eigenvalue weighted by molar-refractivity contribution is 6.07. The molecule has 3 aliphatic rings. The first-order chi connectivity index (χ1) is 10.8. The summed E-state index contributed by atoms with van der Waals surface area (Å²) in [6.45, 7) is 0.556. The molecule has 1 aromatic heterocycles. The van der Waals surface area contributed by atoms with Crippen LogP contribution >= 0.6 is 0 Å². The van der Waals surface area contributed by atoms with Crippen LogP contribution < -0.4 is 5.32 Å². The number of benzene rings is 1. The van der Waals surface area contributed by atoms with Gasteiger partial charge in [0, 0.05) is 24.1 Å². The van der Waals surface area contributed by atoms with Crippen molar-refractivity contribution in [2.45, 2.75) is 18.3 Å². The Bertz CT molecular complexity index is 819. The number of nitrogens with one attached hydrogen (secondary N) is 1. The molecule has 2 aromatic rings. The SMILES string of the molecule is O=C1Nc2ccccc2C12CCOC1=Cc3occc3CC12. The molecule has 2 aliphatic heterocycles. The third kappa shape index (κ3) is 1.35. The minimum atomic E-state index is -0.518. The Labute approximate surface area is 127 Å². The molecule has 1 aliphatic carbocycles. The average Bonchev–Trinajstić information content (AvgIpc) is 3.09. The third-order valence-electron chi connectivity index (χ3n) is 5.24. The van der Waals surface area contributed by atoms with E-state index < -0.39 is 5.41 Å². The van der Waals surface area contributed by atoms with E-state index in [-0.39, 0.29) is 11.8 Å². The van der Waals surface area contributed by atoms with Crippen LogP contribution in [0.2, 0.25) is 0 Å². The molecule has 1 N–H and O–H groups in total. The summed E-state index contributed by atoms with van der Waals surface area (Å²) in [6, 6.07) is 10.0. The summed E-state index contributed by atoms with van der Waals surface area (Å²) in [5.74, 6) is 1.87. The Kier molecular flexibility index (Phi) is 2.22. The first-order valence-corrected chi connectivity index (χ1v) is 7.61. The van der Waals surface area contributed by atoms with E-state index in [1.807, 2.05) is 30.3 Å². The van der Waals surface area contributed by atoms with Crippen LogP contribution in [-0.4, -0.2) is 12.5 Å². The van der Waals surface area contributed by atoms with Crippen LogP contribution in [0.25, 0.3) is 6.08 Å². The van der Waals surface area contributed by atoms with Crippen LogP contribution in [0.5, 0.6) is 0 Å². The quantitative estimate of drug-likeness (QED) is 0.812. The van der Waals surface area contributed by atoms with Crippen molar-refractivity contribution in [2.75, 3.05) is 11.9 Å². The van der Waals surface area contributed by atoms with Gasteiger partial charge in [0.15, 0.2) is 0 Å². The van der Waals surface area contributed by atoms with Gasteiger partial charge in [-0.1, -0.05) is 18.2 Å². The van der Waals surface area contributed by atoms with E-state index in [0.29, 0.717) is 13.0 Å². The highest BCUT2D eigenvalue weighted by Crippen LogP contribution is 2.53. The highest BCUT2D eigenvalue weighted by atomic mass is 16.5. The summed E-state index contributed by atoms with van der Waals surface area (Å²) in [5.41, 5.74) is 2.67. The first kappa shape index (κ1) is 12.1. The molecule has 4 nitrogen and oxygen atoms in total. The summed E-state index contributed by atoms with van der Waals surface area (Å²) in [7, 11) is 0. The van der Waals surface area contributed by atoms with Crippen molar-refractivity contribution in [3.8, 4) is 0 Å². The van der Waals surface area contributed by atoms with E-state index in [2.05, 4.69) is 11.4 Å². The summed E-state index contributed by atoms with van der Waals surface area (Å²) in [6.07, 6.45) is 5.15. The molecule has 2 atom stereocenters. The predicted molar refractivity (Wildman–Crippen MR) is 81.2 cm³/mol. The summed E-state index contributed by atoms with van der Waals surface area (Å²) in [5, 5.41) is 3.06. The molecule has 0 bridgehead atoms. The summed E-state index contributed by atoms with van der Waals surface area (Å²) in [4.78, 5) is 12.9. The number of carbonyl (C=O) groups excluding carboxylic acids is 1. The molecule has 0 radical (unpaired) electrons. The normalized spacial score (nSPS) is 28.3. The van der Waals surface area contributed by atoms with Crippen molar-refractivity contribution in [3.05, 3.63) is 59.2 Å². The van der Waals surface area contributed by atoms with Crippen molar-refractivity contribution in [1.29, 1.82) is 0 Å². The van der Waals surface area contributed by atoms with Crippen molar-refractivity contribution in [2.24, 2.45) is 5.92 Å². The predicted octanol–water partition coefficient (Wildman–Crippen LogP) is 3.10. The van der Waals surface area contributed by atoms with Gasteiger partial charge in [-0.3, -0.25) is 4.79 Å². The lowest BCUT2D eigenvalue weighted by atomic mass is 9.64. The van der Waals surface area contributed by atoms with E-state index in [1.165, 1.54) is 0 Å². The van der Waals surface area contributed by atoms with Crippen molar-refractivity contribution >= 4 is 17.7 Å². The lowest BCUT2D eigenvalue weighted by molar-refractivity contribution is -0.125. The van der Waals surface area contributed by atoms with Gasteiger partial charge in [0.2, 0.25) is 5.91 Å². The number of furan rings is 1. The van der Waals surface area contributed by atoms with Crippen LogP contribution in [-0.2, 0) is 21.4 Å². The molecule has 0 saturated carbocycles. The van der Waals surface area contributed by atoms with Gasteiger partial charge in [0.25, 0.3) is 0 Å². The van der Waals surface area contributed by atoms with Crippen LogP contribution in [0.3, 0.4) is 0 Å². The van der Waals surface area contributed by atoms with E-state index in [0.717, 1.165) is 34.8 Å². The lowest BCUT2D eigenvalue weighted by Crippen LogP contribution is -2.48. The second-order valence-corrected chi connectivity index (χ2v) is 6.18. The topological polar surface area (TPSA) is 51.5 Å². The van der Waals surface area contributed by atoms with E-state index in [9.17, 15) is 4.79 Å². The highest BCUT2D eigenvalue weighted by Gasteiger charge is 2.56. The van der Waals surface area contributed by atoms with Gasteiger partial charge >= 0.3 is 0 Å². The molecule has 5 rings (SSSR count). The van der Waals surface area contributed by atoms with Gasteiger partial charge in [-0.25, -0.2) is 0 Å². The number of para-hydroxylation sites is 1. The zero-order valence-electron chi connectivity index (χ0n) is 12.0. The van der Waals surface area contributed by atoms with Gasteiger partial charge in [-0.2, -0.15) is 0 Å². The fourth-order valence-corrected chi connectivity index (χ4v) is 4.19. The fourth-order valence-electron chi connectivity index (χ4n) is 4.19. The standard InChI is InChI=1S/C18H15NO3/c20-17-18(12-3-1-2-4-14(12)19-17)6-8-22-16-10-15-11(5-7-21-15)9-13(16)18/h1-5,7,10,13H,6,8-9H2,(H,19,20). The van der Waals surface area contributed by atoms with Crippen LogP contribution in [0.1, 0.15) is 23.3 Å². The van der Waals surface area contributed by atoms with Crippen LogP contribution in [0, 0.1) is 5.92 Å². The number of rotatable bonds is 0. The van der Waals surface area contributed by atoms with E-state index >= 15 is 0 Å². The van der Waals surface area contributed by atoms with Gasteiger partial charge in [0.05, 0.1) is 18.3 Å². The molecule has 1 fully saturated rings. The molecular formula is C18H15NO3. The average molecular weight is 293 g/mol.